The van der Waals surface area contributed by atoms with E-state index in [1.165, 1.54) is 0 Å². The lowest BCUT2D eigenvalue weighted by molar-refractivity contribution is -0.121. The van der Waals surface area contributed by atoms with Gasteiger partial charge in [0.25, 0.3) is 0 Å². The van der Waals surface area contributed by atoms with E-state index in [4.69, 9.17) is 0 Å². The van der Waals surface area contributed by atoms with Gasteiger partial charge in [0.15, 0.2) is 0 Å². The van der Waals surface area contributed by atoms with Crippen molar-refractivity contribution in [2.24, 2.45) is 0 Å². The first kappa shape index (κ1) is 10.7. The zero-order valence-electron chi connectivity index (χ0n) is 8.66. The number of amides is 1. The van der Waals surface area contributed by atoms with E-state index in [1.807, 2.05) is 32.0 Å². The molecule has 0 spiro atoms. The highest BCUT2D eigenvalue weighted by Crippen LogP contribution is 2.07. The van der Waals surface area contributed by atoms with Crippen LogP contribution in [0.5, 0.6) is 0 Å². The van der Waals surface area contributed by atoms with Crippen LogP contribution in [0.15, 0.2) is 24.4 Å². The lowest BCUT2D eigenvalue weighted by Gasteiger charge is -2.12. The molecule has 1 aromatic heterocycles. The average Bonchev–Trinajstić information content (AvgIpc) is 2.19. The number of carbonyl (C=O) groups excluding carboxylic acids is 1. The summed E-state index contributed by atoms with van der Waals surface area (Å²) in [5.74, 6) is 0.0886. The smallest absolute Gasteiger partial charge is 0.220 e. The van der Waals surface area contributed by atoms with E-state index in [-0.39, 0.29) is 11.9 Å². The third kappa shape index (κ3) is 3.17. The topological polar surface area (TPSA) is 42.0 Å². The van der Waals surface area contributed by atoms with Gasteiger partial charge < -0.3 is 5.32 Å². The zero-order valence-corrected chi connectivity index (χ0v) is 8.66. The summed E-state index contributed by atoms with van der Waals surface area (Å²) in [6.45, 7) is 3.93. The van der Waals surface area contributed by atoms with Crippen molar-refractivity contribution in [3.05, 3.63) is 30.1 Å². The molecule has 1 rings (SSSR count). The van der Waals surface area contributed by atoms with Crippen LogP contribution >= 0.6 is 0 Å². The Kier molecular flexibility index (Phi) is 4.11. The lowest BCUT2D eigenvalue weighted by Crippen LogP contribution is -2.26. The molecule has 1 aromatic rings. The van der Waals surface area contributed by atoms with E-state index >= 15 is 0 Å². The number of pyridine rings is 1. The quantitative estimate of drug-likeness (QED) is 0.793. The summed E-state index contributed by atoms with van der Waals surface area (Å²) in [4.78, 5) is 15.5. The first-order valence-electron chi connectivity index (χ1n) is 4.94. The van der Waals surface area contributed by atoms with Crippen molar-refractivity contribution in [3.63, 3.8) is 0 Å². The van der Waals surface area contributed by atoms with Crippen LogP contribution < -0.4 is 5.32 Å². The van der Waals surface area contributed by atoms with E-state index in [0.29, 0.717) is 6.42 Å². The largest absolute Gasteiger partial charge is 0.348 e. The van der Waals surface area contributed by atoms with Crippen LogP contribution in [-0.4, -0.2) is 10.9 Å². The summed E-state index contributed by atoms with van der Waals surface area (Å²) < 4.78 is 0. The van der Waals surface area contributed by atoms with Crippen LogP contribution in [0.25, 0.3) is 0 Å². The van der Waals surface area contributed by atoms with E-state index in [0.717, 1.165) is 12.1 Å². The van der Waals surface area contributed by atoms with Gasteiger partial charge in [0.2, 0.25) is 5.91 Å². The molecule has 0 aliphatic heterocycles. The van der Waals surface area contributed by atoms with Gasteiger partial charge in [-0.15, -0.1) is 0 Å². The minimum Gasteiger partial charge on any atom is -0.348 e. The highest BCUT2D eigenvalue weighted by atomic mass is 16.1. The Morgan fingerprint density at radius 2 is 2.36 bits per heavy atom. The predicted molar refractivity (Wildman–Crippen MR) is 55.7 cm³/mol. The molecular weight excluding hydrogens is 176 g/mol. The molecule has 1 atom stereocenters. The van der Waals surface area contributed by atoms with Gasteiger partial charge in [0.05, 0.1) is 11.7 Å². The van der Waals surface area contributed by atoms with E-state index < -0.39 is 0 Å². The molecule has 0 aliphatic rings. The summed E-state index contributed by atoms with van der Waals surface area (Å²) in [5, 5.41) is 2.90. The highest BCUT2D eigenvalue weighted by Gasteiger charge is 2.08. The maximum Gasteiger partial charge on any atom is 0.220 e. The Labute approximate surface area is 84.6 Å². The number of carbonyl (C=O) groups is 1. The molecule has 0 aromatic carbocycles. The Balaban J connectivity index is 2.50. The monoisotopic (exact) mass is 192 g/mol. The maximum absolute atomic E-state index is 11.3. The van der Waals surface area contributed by atoms with Gasteiger partial charge >= 0.3 is 0 Å². The number of aromatic nitrogens is 1. The van der Waals surface area contributed by atoms with Gasteiger partial charge in [-0.25, -0.2) is 0 Å². The van der Waals surface area contributed by atoms with Crippen molar-refractivity contribution >= 4 is 5.91 Å². The molecule has 3 heteroatoms. The minimum absolute atomic E-state index is 0.00440. The fourth-order valence-corrected chi connectivity index (χ4v) is 1.25. The summed E-state index contributed by atoms with van der Waals surface area (Å²) in [5.41, 5.74) is 0.900. The molecule has 0 fully saturated rings. The lowest BCUT2D eigenvalue weighted by atomic mass is 10.2. The summed E-state index contributed by atoms with van der Waals surface area (Å²) in [7, 11) is 0. The molecule has 76 valence electrons. The summed E-state index contributed by atoms with van der Waals surface area (Å²) >= 11 is 0. The molecule has 1 amide bonds. The van der Waals surface area contributed by atoms with Crippen molar-refractivity contribution < 1.29 is 4.79 Å². The fraction of sp³-hybridized carbons (Fsp3) is 0.455. The predicted octanol–water partition coefficient (Wildman–Crippen LogP) is 2.06. The van der Waals surface area contributed by atoms with Crippen LogP contribution in [0, 0.1) is 0 Å². The van der Waals surface area contributed by atoms with Gasteiger partial charge in [-0.1, -0.05) is 13.0 Å². The van der Waals surface area contributed by atoms with Crippen LogP contribution in [0.4, 0.5) is 0 Å². The van der Waals surface area contributed by atoms with Gasteiger partial charge in [0.1, 0.15) is 0 Å². The van der Waals surface area contributed by atoms with Gasteiger partial charge in [-0.3, -0.25) is 9.78 Å². The molecule has 0 bridgehead atoms. The summed E-state index contributed by atoms with van der Waals surface area (Å²) in [6, 6.07) is 5.70. The molecule has 1 heterocycles. The van der Waals surface area contributed by atoms with Gasteiger partial charge in [0, 0.05) is 12.6 Å². The SMILES string of the molecule is CCCC(=O)NC(C)c1ccccn1. The van der Waals surface area contributed by atoms with Crippen molar-refractivity contribution in [1.82, 2.24) is 10.3 Å². The molecule has 1 N–H and O–H groups in total. The van der Waals surface area contributed by atoms with Crippen LogP contribution in [0.2, 0.25) is 0 Å². The molecule has 0 radical (unpaired) electrons. The molecule has 1 unspecified atom stereocenters. The van der Waals surface area contributed by atoms with Crippen LogP contribution in [-0.2, 0) is 4.79 Å². The normalized spacial score (nSPS) is 12.1. The average molecular weight is 192 g/mol. The van der Waals surface area contributed by atoms with Crippen molar-refractivity contribution in [1.29, 1.82) is 0 Å². The van der Waals surface area contributed by atoms with Crippen molar-refractivity contribution in [2.45, 2.75) is 32.7 Å². The van der Waals surface area contributed by atoms with E-state index in [1.54, 1.807) is 6.20 Å². The number of hydrogen-bond acceptors (Lipinski definition) is 2. The molecular formula is C11H16N2O. The zero-order chi connectivity index (χ0) is 10.4. The fourth-order valence-electron chi connectivity index (χ4n) is 1.25. The highest BCUT2D eigenvalue weighted by molar-refractivity contribution is 5.76. The third-order valence-corrected chi connectivity index (χ3v) is 1.99. The Morgan fingerprint density at radius 3 is 2.93 bits per heavy atom. The number of nitrogens with zero attached hydrogens (tertiary/aromatic N) is 1. The van der Waals surface area contributed by atoms with Gasteiger partial charge in [-0.05, 0) is 25.5 Å². The second kappa shape index (κ2) is 5.37. The number of hydrogen-bond donors (Lipinski definition) is 1. The second-order valence-electron chi connectivity index (χ2n) is 3.29. The van der Waals surface area contributed by atoms with Crippen LogP contribution in [0.1, 0.15) is 38.4 Å². The first-order valence-corrected chi connectivity index (χ1v) is 4.94. The molecule has 0 saturated carbocycles. The maximum atomic E-state index is 11.3. The minimum atomic E-state index is -0.00440. The van der Waals surface area contributed by atoms with Crippen LogP contribution in [0.3, 0.4) is 0 Å². The molecule has 14 heavy (non-hydrogen) atoms. The third-order valence-electron chi connectivity index (χ3n) is 1.99. The number of rotatable bonds is 4. The molecule has 0 saturated heterocycles. The van der Waals surface area contributed by atoms with Gasteiger partial charge in [-0.2, -0.15) is 0 Å². The van der Waals surface area contributed by atoms with E-state index in [2.05, 4.69) is 10.3 Å². The molecule has 0 aliphatic carbocycles. The second-order valence-corrected chi connectivity index (χ2v) is 3.29. The summed E-state index contributed by atoms with van der Waals surface area (Å²) in [6.07, 6.45) is 3.19. The standard InChI is InChI=1S/C11H16N2O/c1-3-6-11(14)13-9(2)10-7-4-5-8-12-10/h4-5,7-9H,3,6H2,1-2H3,(H,13,14). The Hall–Kier alpha value is -1.38. The first-order chi connectivity index (χ1) is 6.74. The molecule has 3 nitrogen and oxygen atoms in total. The number of nitrogens with one attached hydrogen (secondary N) is 1. The van der Waals surface area contributed by atoms with Crippen molar-refractivity contribution in [3.8, 4) is 0 Å². The van der Waals surface area contributed by atoms with E-state index in [9.17, 15) is 4.79 Å². The van der Waals surface area contributed by atoms with Crippen molar-refractivity contribution in [2.75, 3.05) is 0 Å². The Bertz CT molecular complexity index is 285. The Morgan fingerprint density at radius 1 is 1.57 bits per heavy atom.